The van der Waals surface area contributed by atoms with Crippen molar-refractivity contribution in [3.63, 3.8) is 0 Å². The molecule has 3 atom stereocenters. The number of hydrogen-bond donors (Lipinski definition) is 0. The van der Waals surface area contributed by atoms with Crippen molar-refractivity contribution in [1.82, 2.24) is 9.88 Å². The predicted molar refractivity (Wildman–Crippen MR) is 109 cm³/mol. The maximum absolute atomic E-state index is 5.03. The van der Waals surface area contributed by atoms with Gasteiger partial charge < -0.3 is 9.80 Å². The molecule has 0 bridgehead atoms. The van der Waals surface area contributed by atoms with Crippen molar-refractivity contribution in [2.75, 3.05) is 25.5 Å². The third-order valence-electron chi connectivity index (χ3n) is 4.68. The Morgan fingerprint density at radius 2 is 2.08 bits per heavy atom. The van der Waals surface area contributed by atoms with E-state index in [1.807, 2.05) is 30.1 Å². The molecule has 0 saturated carbocycles. The topological polar surface area (TPSA) is 31.7 Å². The molecule has 0 unspecified atom stereocenters. The quantitative estimate of drug-likeness (QED) is 0.736. The fourth-order valence-corrected chi connectivity index (χ4v) is 5.39. The summed E-state index contributed by atoms with van der Waals surface area (Å²) in [5.41, 5.74) is 3.50. The van der Waals surface area contributed by atoms with Crippen LogP contribution < -0.4 is 4.90 Å². The Hall–Kier alpha value is -1.53. The number of pyridine rings is 1. The highest BCUT2D eigenvalue weighted by Crippen LogP contribution is 2.48. The molecule has 25 heavy (non-hydrogen) atoms. The second kappa shape index (κ2) is 6.65. The van der Waals surface area contributed by atoms with E-state index in [1.54, 1.807) is 0 Å². The molecule has 6 heteroatoms. The van der Waals surface area contributed by atoms with E-state index in [0.717, 1.165) is 21.9 Å². The van der Waals surface area contributed by atoms with E-state index in [1.165, 1.54) is 11.3 Å². The molecule has 0 N–H and O–H groups in total. The van der Waals surface area contributed by atoms with Gasteiger partial charge in [-0.1, -0.05) is 30.8 Å². The van der Waals surface area contributed by atoms with Gasteiger partial charge in [0.05, 0.1) is 17.4 Å². The van der Waals surface area contributed by atoms with Crippen molar-refractivity contribution in [1.29, 1.82) is 0 Å². The first-order chi connectivity index (χ1) is 12.0. The van der Waals surface area contributed by atoms with Crippen molar-refractivity contribution in [2.45, 2.75) is 24.3 Å². The van der Waals surface area contributed by atoms with Crippen LogP contribution in [0.15, 0.2) is 52.1 Å². The number of aromatic nitrogens is 1. The number of thioether (sulfide) groups is 1. The van der Waals surface area contributed by atoms with Gasteiger partial charge in [0.2, 0.25) is 0 Å². The third-order valence-corrected chi connectivity index (χ3v) is 6.41. The van der Waals surface area contributed by atoms with Gasteiger partial charge in [-0.15, -0.1) is 0 Å². The smallest absolute Gasteiger partial charge is 0.160 e. The molecule has 0 amide bonds. The lowest BCUT2D eigenvalue weighted by atomic mass is 9.96. The number of amidine groups is 1. The Bertz CT molecular complexity index is 808. The summed E-state index contributed by atoms with van der Waals surface area (Å²) in [5, 5.41) is 1.73. The van der Waals surface area contributed by atoms with Gasteiger partial charge in [-0.3, -0.25) is 9.98 Å². The zero-order chi connectivity index (χ0) is 17.6. The Morgan fingerprint density at radius 3 is 2.76 bits per heavy atom. The molecule has 1 aromatic heterocycles. The van der Waals surface area contributed by atoms with Gasteiger partial charge >= 0.3 is 0 Å². The molecule has 4 rings (SSSR count). The number of anilines is 1. The maximum atomic E-state index is 5.03. The highest BCUT2D eigenvalue weighted by atomic mass is 79.9. The van der Waals surface area contributed by atoms with E-state index in [2.05, 4.69) is 76.0 Å². The van der Waals surface area contributed by atoms with Gasteiger partial charge in [0.15, 0.2) is 5.17 Å². The summed E-state index contributed by atoms with van der Waals surface area (Å²) in [4.78, 5) is 14.2. The van der Waals surface area contributed by atoms with Crippen molar-refractivity contribution in [3.8, 4) is 0 Å². The van der Waals surface area contributed by atoms with Crippen LogP contribution in [0.1, 0.15) is 30.3 Å². The first-order valence-corrected chi connectivity index (χ1v) is 10.1. The molecule has 1 saturated heterocycles. The first kappa shape index (κ1) is 16.9. The van der Waals surface area contributed by atoms with E-state index in [0.29, 0.717) is 5.25 Å². The minimum atomic E-state index is 0.0494. The molecule has 2 aliphatic rings. The van der Waals surface area contributed by atoms with Gasteiger partial charge in [-0.2, -0.15) is 0 Å². The minimum Gasteiger partial charge on any atom is -0.377 e. The number of rotatable bonds is 3. The summed E-state index contributed by atoms with van der Waals surface area (Å²) in [6.45, 7) is 3.30. The van der Waals surface area contributed by atoms with E-state index in [-0.39, 0.29) is 12.1 Å². The summed E-state index contributed by atoms with van der Waals surface area (Å²) in [6.07, 6.45) is 1.86. The molecule has 2 aromatic rings. The molecule has 1 aromatic carbocycles. The zero-order valence-electron chi connectivity index (χ0n) is 14.6. The van der Waals surface area contributed by atoms with Crippen LogP contribution in [0.25, 0.3) is 0 Å². The Morgan fingerprint density at radius 1 is 1.24 bits per heavy atom. The van der Waals surface area contributed by atoms with Crippen LogP contribution in [0.5, 0.6) is 0 Å². The van der Waals surface area contributed by atoms with Crippen molar-refractivity contribution in [3.05, 3.63) is 58.3 Å². The summed E-state index contributed by atoms with van der Waals surface area (Å²) in [6, 6.07) is 13.0. The van der Waals surface area contributed by atoms with Crippen molar-refractivity contribution >= 4 is 38.5 Å². The normalized spacial score (nSPS) is 25.0. The standard InChI is InChI=1S/C19H21BrN4S/c1-12-11-24-18(13-7-8-16(23(2)3)14(20)10-13)17(22-19(24)25-12)15-6-4-5-9-21-15/h4-10,12,17-18H,11H2,1-3H3/t12-,17-,18+/m1/s1. The Kier molecular flexibility index (Phi) is 4.50. The number of aliphatic imine (C=N–C) groups is 1. The number of nitrogens with zero attached hydrogens (tertiary/aromatic N) is 4. The fraction of sp³-hybridized carbons (Fsp3) is 0.368. The van der Waals surface area contributed by atoms with Crippen molar-refractivity contribution < 1.29 is 0 Å². The molecule has 1 fully saturated rings. The second-order valence-electron chi connectivity index (χ2n) is 6.74. The molecule has 0 aliphatic carbocycles. The average Bonchev–Trinajstić information content (AvgIpc) is 3.11. The first-order valence-electron chi connectivity index (χ1n) is 8.43. The number of halogens is 1. The zero-order valence-corrected chi connectivity index (χ0v) is 17.0. The molecule has 3 heterocycles. The van der Waals surface area contributed by atoms with Crippen LogP contribution >= 0.6 is 27.7 Å². The van der Waals surface area contributed by atoms with Crippen molar-refractivity contribution in [2.24, 2.45) is 4.99 Å². The van der Waals surface area contributed by atoms with Crippen LogP contribution in [0.3, 0.4) is 0 Å². The highest BCUT2D eigenvalue weighted by molar-refractivity contribution is 9.10. The minimum absolute atomic E-state index is 0.0494. The van der Waals surface area contributed by atoms with Gasteiger partial charge in [0, 0.05) is 36.6 Å². The largest absolute Gasteiger partial charge is 0.377 e. The monoisotopic (exact) mass is 416 g/mol. The molecule has 0 spiro atoms. The number of benzene rings is 1. The third kappa shape index (κ3) is 3.06. The van der Waals surface area contributed by atoms with E-state index in [4.69, 9.17) is 4.99 Å². The maximum Gasteiger partial charge on any atom is 0.160 e. The predicted octanol–water partition coefficient (Wildman–Crippen LogP) is 4.50. The lowest BCUT2D eigenvalue weighted by Gasteiger charge is -2.28. The summed E-state index contributed by atoms with van der Waals surface area (Å²) in [7, 11) is 4.12. The van der Waals surface area contributed by atoms with Gasteiger partial charge in [-0.05, 0) is 45.8 Å². The summed E-state index contributed by atoms with van der Waals surface area (Å²) < 4.78 is 1.11. The van der Waals surface area contributed by atoms with Gasteiger partial charge in [0.1, 0.15) is 6.04 Å². The van der Waals surface area contributed by atoms with Crippen LogP contribution in [0.2, 0.25) is 0 Å². The lowest BCUT2D eigenvalue weighted by molar-refractivity contribution is 0.321. The molecular formula is C19H21BrN4S. The SMILES string of the molecule is C[C@@H]1CN2C(=N[C@H](c3ccccn3)[C@@H]2c2ccc(N(C)C)c(Br)c2)S1. The Balaban J connectivity index is 1.76. The van der Waals surface area contributed by atoms with Gasteiger partial charge in [0.25, 0.3) is 0 Å². The molecule has 130 valence electrons. The van der Waals surface area contributed by atoms with E-state index >= 15 is 0 Å². The van der Waals surface area contributed by atoms with Crippen LogP contribution in [-0.2, 0) is 0 Å². The number of fused-ring (bicyclic) bond motifs is 1. The highest BCUT2D eigenvalue weighted by Gasteiger charge is 2.43. The van der Waals surface area contributed by atoms with E-state index < -0.39 is 0 Å². The summed E-state index contributed by atoms with van der Waals surface area (Å²) in [5.74, 6) is 0. The molecule has 2 aliphatic heterocycles. The summed E-state index contributed by atoms with van der Waals surface area (Å²) >= 11 is 5.61. The molecule has 4 nitrogen and oxygen atoms in total. The van der Waals surface area contributed by atoms with Crippen LogP contribution in [0.4, 0.5) is 5.69 Å². The fourth-order valence-electron chi connectivity index (χ4n) is 3.55. The number of hydrogen-bond acceptors (Lipinski definition) is 5. The molecular weight excluding hydrogens is 396 g/mol. The second-order valence-corrected chi connectivity index (χ2v) is 9.00. The average molecular weight is 417 g/mol. The Labute approximate surface area is 161 Å². The van der Waals surface area contributed by atoms with Crippen LogP contribution in [0, 0.1) is 0 Å². The lowest BCUT2D eigenvalue weighted by Crippen LogP contribution is -2.28. The molecule has 0 radical (unpaired) electrons. The van der Waals surface area contributed by atoms with E-state index in [9.17, 15) is 0 Å². The van der Waals surface area contributed by atoms with Crippen LogP contribution in [-0.4, -0.2) is 40.9 Å². The van der Waals surface area contributed by atoms with Gasteiger partial charge in [-0.25, -0.2) is 0 Å².